The molecule has 0 fully saturated rings. The molecule has 2 rings (SSSR count). The second kappa shape index (κ2) is 2.80. The molecular formula is C8H5N3S. The number of nitrogens with zero attached hydrogens (tertiary/aromatic N) is 2. The highest BCUT2D eigenvalue weighted by atomic mass is 32.1. The minimum atomic E-state index is 0.722. The van der Waals surface area contributed by atoms with E-state index in [0.29, 0.717) is 0 Å². The van der Waals surface area contributed by atoms with Crippen LogP contribution in [0.1, 0.15) is 4.88 Å². The first-order valence-corrected chi connectivity index (χ1v) is 4.20. The van der Waals surface area contributed by atoms with Crippen LogP contribution in [-0.4, -0.2) is 9.97 Å². The maximum atomic E-state index is 8.58. The van der Waals surface area contributed by atoms with Crippen LogP contribution in [0.15, 0.2) is 24.7 Å². The zero-order valence-corrected chi connectivity index (χ0v) is 6.93. The van der Waals surface area contributed by atoms with Gasteiger partial charge in [0.25, 0.3) is 0 Å². The molecule has 1 N–H and O–H groups in total. The number of aromatic amines is 1. The first-order valence-electron chi connectivity index (χ1n) is 3.39. The highest BCUT2D eigenvalue weighted by Gasteiger charge is 2.01. The quantitative estimate of drug-likeness (QED) is 0.720. The Balaban J connectivity index is 2.44. The molecule has 0 aromatic carbocycles. The van der Waals surface area contributed by atoms with Crippen molar-refractivity contribution in [3.05, 3.63) is 29.5 Å². The van der Waals surface area contributed by atoms with Crippen LogP contribution in [0.4, 0.5) is 0 Å². The van der Waals surface area contributed by atoms with Gasteiger partial charge in [0, 0.05) is 0 Å². The van der Waals surface area contributed by atoms with Gasteiger partial charge < -0.3 is 4.98 Å². The van der Waals surface area contributed by atoms with Gasteiger partial charge in [-0.2, -0.15) is 5.26 Å². The molecule has 58 valence electrons. The monoisotopic (exact) mass is 175 g/mol. The first kappa shape index (κ1) is 7.07. The third-order valence-corrected chi connectivity index (χ3v) is 2.50. The number of thiophene rings is 1. The highest BCUT2D eigenvalue weighted by Crippen LogP contribution is 2.25. The molecule has 0 bridgehead atoms. The lowest BCUT2D eigenvalue weighted by Gasteiger charge is -1.85. The normalized spacial score (nSPS) is 9.58. The first-order chi connectivity index (χ1) is 5.90. The topological polar surface area (TPSA) is 52.5 Å². The van der Waals surface area contributed by atoms with Gasteiger partial charge in [-0.15, -0.1) is 11.3 Å². The van der Waals surface area contributed by atoms with Gasteiger partial charge in [0.2, 0.25) is 0 Å². The molecular weight excluding hydrogens is 170 g/mol. The minimum absolute atomic E-state index is 0.722. The number of hydrogen-bond acceptors (Lipinski definition) is 3. The van der Waals surface area contributed by atoms with Crippen molar-refractivity contribution in [3.63, 3.8) is 0 Å². The smallest absolute Gasteiger partial charge is 0.110 e. The minimum Gasteiger partial charge on any atom is -0.344 e. The Kier molecular flexibility index (Phi) is 1.65. The van der Waals surface area contributed by atoms with E-state index in [1.807, 2.05) is 6.07 Å². The van der Waals surface area contributed by atoms with Crippen LogP contribution < -0.4 is 0 Å². The zero-order chi connectivity index (χ0) is 8.39. The average molecular weight is 175 g/mol. The van der Waals surface area contributed by atoms with Crippen molar-refractivity contribution in [2.24, 2.45) is 0 Å². The van der Waals surface area contributed by atoms with E-state index in [1.54, 1.807) is 18.6 Å². The molecule has 0 unspecified atom stereocenters. The van der Waals surface area contributed by atoms with Gasteiger partial charge in [0.1, 0.15) is 10.9 Å². The molecule has 0 amide bonds. The number of nitrogens with one attached hydrogen (secondary N) is 1. The third-order valence-electron chi connectivity index (χ3n) is 1.48. The lowest BCUT2D eigenvalue weighted by Crippen LogP contribution is -1.66. The van der Waals surface area contributed by atoms with Gasteiger partial charge in [-0.25, -0.2) is 4.98 Å². The van der Waals surface area contributed by atoms with Gasteiger partial charge >= 0.3 is 0 Å². The second-order valence-corrected chi connectivity index (χ2v) is 3.32. The van der Waals surface area contributed by atoms with Gasteiger partial charge in [-0.05, 0) is 12.1 Å². The Bertz CT molecular complexity index is 408. The average Bonchev–Trinajstić information content (AvgIpc) is 2.75. The Morgan fingerprint density at radius 2 is 2.42 bits per heavy atom. The van der Waals surface area contributed by atoms with Crippen molar-refractivity contribution in [1.29, 1.82) is 5.26 Å². The molecule has 0 aliphatic carbocycles. The van der Waals surface area contributed by atoms with Crippen molar-refractivity contribution in [1.82, 2.24) is 9.97 Å². The number of imidazole rings is 1. The van der Waals surface area contributed by atoms with Crippen LogP contribution in [-0.2, 0) is 0 Å². The van der Waals surface area contributed by atoms with Crippen molar-refractivity contribution < 1.29 is 0 Å². The van der Waals surface area contributed by atoms with E-state index in [2.05, 4.69) is 16.0 Å². The van der Waals surface area contributed by atoms with Crippen molar-refractivity contribution in [2.75, 3.05) is 0 Å². The van der Waals surface area contributed by atoms with E-state index in [0.717, 1.165) is 15.4 Å². The van der Waals surface area contributed by atoms with Crippen molar-refractivity contribution in [3.8, 4) is 16.6 Å². The number of hydrogen-bond donors (Lipinski definition) is 1. The van der Waals surface area contributed by atoms with Crippen molar-refractivity contribution in [2.45, 2.75) is 0 Å². The lowest BCUT2D eigenvalue weighted by atomic mass is 10.4. The second-order valence-electron chi connectivity index (χ2n) is 2.24. The van der Waals surface area contributed by atoms with Gasteiger partial charge in [-0.1, -0.05) is 0 Å². The Morgan fingerprint density at radius 3 is 3.00 bits per heavy atom. The van der Waals surface area contributed by atoms with Gasteiger partial charge in [-0.3, -0.25) is 0 Å². The SMILES string of the molecule is N#Cc1ccc(-c2cnc[nH]2)s1. The van der Waals surface area contributed by atoms with E-state index in [-0.39, 0.29) is 0 Å². The predicted molar refractivity (Wildman–Crippen MR) is 46.6 cm³/mol. The molecule has 0 aliphatic heterocycles. The summed E-state index contributed by atoms with van der Waals surface area (Å²) in [5.74, 6) is 0. The molecule has 2 aromatic rings. The maximum absolute atomic E-state index is 8.58. The molecule has 0 saturated carbocycles. The summed E-state index contributed by atoms with van der Waals surface area (Å²) in [4.78, 5) is 8.65. The predicted octanol–water partition coefficient (Wildman–Crippen LogP) is 2.01. The fourth-order valence-corrected chi connectivity index (χ4v) is 1.71. The summed E-state index contributed by atoms with van der Waals surface area (Å²) in [6.07, 6.45) is 3.37. The Labute approximate surface area is 73.3 Å². The summed E-state index contributed by atoms with van der Waals surface area (Å²) < 4.78 is 0. The Morgan fingerprint density at radius 1 is 1.50 bits per heavy atom. The van der Waals surface area contributed by atoms with Crippen LogP contribution in [0, 0.1) is 11.3 Å². The summed E-state index contributed by atoms with van der Waals surface area (Å²) in [5, 5.41) is 8.58. The summed E-state index contributed by atoms with van der Waals surface area (Å²) in [7, 11) is 0. The van der Waals surface area contributed by atoms with E-state index >= 15 is 0 Å². The number of rotatable bonds is 1. The number of H-pyrrole nitrogens is 1. The van der Waals surface area contributed by atoms with E-state index in [9.17, 15) is 0 Å². The maximum Gasteiger partial charge on any atom is 0.110 e. The van der Waals surface area contributed by atoms with Crippen LogP contribution >= 0.6 is 11.3 Å². The van der Waals surface area contributed by atoms with Crippen molar-refractivity contribution >= 4 is 11.3 Å². The molecule has 0 spiro atoms. The fourth-order valence-electron chi connectivity index (χ4n) is 0.933. The summed E-state index contributed by atoms with van der Waals surface area (Å²) in [6.45, 7) is 0. The number of nitriles is 1. The molecule has 0 aliphatic rings. The lowest BCUT2D eigenvalue weighted by molar-refractivity contribution is 1.32. The standard InChI is InChI=1S/C8H5N3S/c9-3-6-1-2-8(12-6)7-4-10-5-11-7/h1-2,4-5H,(H,10,11). The zero-order valence-electron chi connectivity index (χ0n) is 6.11. The van der Waals surface area contributed by atoms with Crippen LogP contribution in [0.2, 0.25) is 0 Å². The summed E-state index contributed by atoms with van der Waals surface area (Å²) >= 11 is 1.46. The van der Waals surface area contributed by atoms with E-state index in [4.69, 9.17) is 5.26 Å². The Hall–Kier alpha value is -1.60. The van der Waals surface area contributed by atoms with Gasteiger partial charge in [0.05, 0.1) is 23.1 Å². The highest BCUT2D eigenvalue weighted by molar-refractivity contribution is 7.15. The molecule has 2 heterocycles. The third kappa shape index (κ3) is 1.11. The molecule has 0 radical (unpaired) electrons. The molecule has 0 atom stereocenters. The largest absolute Gasteiger partial charge is 0.344 e. The molecule has 2 aromatic heterocycles. The van der Waals surface area contributed by atoms with E-state index in [1.165, 1.54) is 11.3 Å². The summed E-state index contributed by atoms with van der Waals surface area (Å²) in [6, 6.07) is 5.81. The number of aromatic nitrogens is 2. The van der Waals surface area contributed by atoms with Crippen LogP contribution in [0.5, 0.6) is 0 Å². The molecule has 4 heteroatoms. The molecule has 0 saturated heterocycles. The summed E-state index contributed by atoms with van der Waals surface area (Å²) in [5.41, 5.74) is 0.960. The molecule has 3 nitrogen and oxygen atoms in total. The van der Waals surface area contributed by atoms with Gasteiger partial charge in [0.15, 0.2) is 0 Å². The van der Waals surface area contributed by atoms with E-state index < -0.39 is 0 Å². The van der Waals surface area contributed by atoms with Crippen LogP contribution in [0.25, 0.3) is 10.6 Å². The van der Waals surface area contributed by atoms with Crippen LogP contribution in [0.3, 0.4) is 0 Å². The fraction of sp³-hybridized carbons (Fsp3) is 0. The molecule has 12 heavy (non-hydrogen) atoms.